The minimum Gasteiger partial charge on any atom is -0.316 e. The monoisotopic (exact) mass is 253 g/mol. The van der Waals surface area contributed by atoms with E-state index in [9.17, 15) is 4.79 Å². The molecule has 3 aromatic rings. The van der Waals surface area contributed by atoms with Gasteiger partial charge in [-0.2, -0.15) is 5.10 Å². The lowest BCUT2D eigenvalue weighted by Crippen LogP contribution is -2.19. The van der Waals surface area contributed by atoms with Crippen molar-refractivity contribution in [3.05, 3.63) is 58.1 Å². The van der Waals surface area contributed by atoms with Crippen LogP contribution in [0.5, 0.6) is 0 Å². The van der Waals surface area contributed by atoms with Crippen LogP contribution in [0.15, 0.2) is 41.5 Å². The summed E-state index contributed by atoms with van der Waals surface area (Å²) in [7, 11) is 1.76. The highest BCUT2D eigenvalue weighted by Gasteiger charge is 2.07. The summed E-state index contributed by atoms with van der Waals surface area (Å²) in [5, 5.41) is 5.51. The predicted molar refractivity (Wildman–Crippen MR) is 75.8 cm³/mol. The first-order valence-electron chi connectivity index (χ1n) is 6.18. The van der Waals surface area contributed by atoms with E-state index in [-0.39, 0.29) is 5.56 Å². The Kier molecular flexibility index (Phi) is 2.52. The molecule has 0 aliphatic heterocycles. The Morgan fingerprint density at radius 1 is 1.16 bits per heavy atom. The van der Waals surface area contributed by atoms with E-state index in [4.69, 9.17) is 0 Å². The highest BCUT2D eigenvalue weighted by molar-refractivity contribution is 5.80. The van der Waals surface area contributed by atoms with Gasteiger partial charge in [-0.1, -0.05) is 12.1 Å². The molecule has 1 aromatic carbocycles. The van der Waals surface area contributed by atoms with Crippen LogP contribution in [0.25, 0.3) is 16.6 Å². The maximum atomic E-state index is 11.7. The van der Waals surface area contributed by atoms with E-state index < -0.39 is 0 Å². The molecule has 0 aliphatic carbocycles. The minimum atomic E-state index is 0.0244. The molecular weight excluding hydrogens is 238 g/mol. The Morgan fingerprint density at radius 3 is 2.68 bits per heavy atom. The summed E-state index contributed by atoms with van der Waals surface area (Å²) in [5.74, 6) is 0. The fourth-order valence-corrected chi connectivity index (χ4v) is 2.31. The van der Waals surface area contributed by atoms with Gasteiger partial charge in [0.15, 0.2) is 0 Å². The molecule has 0 saturated heterocycles. The Labute approximate surface area is 110 Å². The number of aryl methyl sites for hydroxylation is 3. The SMILES string of the molecule is Cc1ccc2cnn(-c3cc(C)c(=O)n(C)c3)c2c1. The molecule has 96 valence electrons. The molecule has 0 atom stereocenters. The van der Waals surface area contributed by atoms with Crippen molar-refractivity contribution in [3.63, 3.8) is 0 Å². The van der Waals surface area contributed by atoms with Crippen molar-refractivity contribution in [2.75, 3.05) is 0 Å². The Balaban J connectivity index is 2.30. The van der Waals surface area contributed by atoms with Crippen molar-refractivity contribution >= 4 is 10.9 Å². The maximum absolute atomic E-state index is 11.7. The number of hydrogen-bond donors (Lipinski definition) is 0. The topological polar surface area (TPSA) is 39.8 Å². The molecule has 0 bridgehead atoms. The molecule has 3 rings (SSSR count). The number of benzene rings is 1. The van der Waals surface area contributed by atoms with Gasteiger partial charge in [-0.05, 0) is 31.5 Å². The molecule has 0 fully saturated rings. The second kappa shape index (κ2) is 4.09. The van der Waals surface area contributed by atoms with Crippen LogP contribution in [0.3, 0.4) is 0 Å². The Morgan fingerprint density at radius 2 is 1.95 bits per heavy atom. The van der Waals surface area contributed by atoms with Crippen LogP contribution in [0.1, 0.15) is 11.1 Å². The largest absolute Gasteiger partial charge is 0.316 e. The summed E-state index contributed by atoms with van der Waals surface area (Å²) in [6, 6.07) is 8.10. The van der Waals surface area contributed by atoms with E-state index in [0.717, 1.165) is 22.2 Å². The number of pyridine rings is 1. The summed E-state index contributed by atoms with van der Waals surface area (Å²) < 4.78 is 3.46. The van der Waals surface area contributed by atoms with E-state index in [1.165, 1.54) is 5.56 Å². The molecular formula is C15H15N3O. The van der Waals surface area contributed by atoms with Crippen molar-refractivity contribution in [2.45, 2.75) is 13.8 Å². The van der Waals surface area contributed by atoms with Gasteiger partial charge in [0.25, 0.3) is 5.56 Å². The molecule has 0 radical (unpaired) electrons. The lowest BCUT2D eigenvalue weighted by molar-refractivity contribution is 0.813. The van der Waals surface area contributed by atoms with Crippen LogP contribution in [0, 0.1) is 13.8 Å². The fraction of sp³-hybridized carbons (Fsp3) is 0.200. The summed E-state index contributed by atoms with van der Waals surface area (Å²) in [5.41, 5.74) is 3.89. The third kappa shape index (κ3) is 1.85. The molecule has 2 aromatic heterocycles. The third-order valence-corrected chi connectivity index (χ3v) is 3.32. The van der Waals surface area contributed by atoms with E-state index in [1.807, 2.05) is 30.1 Å². The van der Waals surface area contributed by atoms with Crippen molar-refractivity contribution in [2.24, 2.45) is 7.05 Å². The molecule has 0 amide bonds. The van der Waals surface area contributed by atoms with Crippen LogP contribution in [0.2, 0.25) is 0 Å². The van der Waals surface area contributed by atoms with Crippen molar-refractivity contribution in [3.8, 4) is 5.69 Å². The third-order valence-electron chi connectivity index (χ3n) is 3.32. The lowest BCUT2D eigenvalue weighted by Gasteiger charge is -2.07. The average Bonchev–Trinajstić information content (AvgIpc) is 2.78. The maximum Gasteiger partial charge on any atom is 0.253 e. The molecule has 4 heteroatoms. The lowest BCUT2D eigenvalue weighted by atomic mass is 10.2. The first-order valence-corrected chi connectivity index (χ1v) is 6.18. The highest BCUT2D eigenvalue weighted by Crippen LogP contribution is 2.19. The smallest absolute Gasteiger partial charge is 0.253 e. The zero-order chi connectivity index (χ0) is 13.6. The van der Waals surface area contributed by atoms with E-state index in [1.54, 1.807) is 11.6 Å². The van der Waals surface area contributed by atoms with Gasteiger partial charge in [0.1, 0.15) is 0 Å². The van der Waals surface area contributed by atoms with E-state index >= 15 is 0 Å². The number of rotatable bonds is 1. The zero-order valence-corrected chi connectivity index (χ0v) is 11.2. The summed E-state index contributed by atoms with van der Waals surface area (Å²) in [6.07, 6.45) is 3.65. The number of nitrogens with zero attached hydrogens (tertiary/aromatic N) is 3. The van der Waals surface area contributed by atoms with Crippen LogP contribution >= 0.6 is 0 Å². The van der Waals surface area contributed by atoms with Crippen LogP contribution in [0.4, 0.5) is 0 Å². The second-order valence-corrected chi connectivity index (χ2v) is 4.92. The van der Waals surface area contributed by atoms with Gasteiger partial charge >= 0.3 is 0 Å². The van der Waals surface area contributed by atoms with Gasteiger partial charge < -0.3 is 4.57 Å². The average molecular weight is 253 g/mol. The van der Waals surface area contributed by atoms with Crippen molar-refractivity contribution in [1.29, 1.82) is 0 Å². The predicted octanol–water partition coefficient (Wildman–Crippen LogP) is 2.34. The fourth-order valence-electron chi connectivity index (χ4n) is 2.31. The summed E-state index contributed by atoms with van der Waals surface area (Å²) in [4.78, 5) is 11.7. The number of aromatic nitrogens is 3. The molecule has 0 aliphatic rings. The molecule has 0 unspecified atom stereocenters. The standard InChI is InChI=1S/C15H15N3O/c1-10-4-5-12-8-16-18(14(12)6-10)13-7-11(2)15(19)17(3)9-13/h4-9H,1-3H3. The molecule has 0 spiro atoms. The van der Waals surface area contributed by atoms with Crippen molar-refractivity contribution in [1.82, 2.24) is 14.3 Å². The van der Waals surface area contributed by atoms with Gasteiger partial charge in [-0.3, -0.25) is 4.79 Å². The van der Waals surface area contributed by atoms with Gasteiger partial charge in [-0.15, -0.1) is 0 Å². The van der Waals surface area contributed by atoms with Gasteiger partial charge in [0, 0.05) is 24.2 Å². The van der Waals surface area contributed by atoms with Gasteiger partial charge in [-0.25, -0.2) is 4.68 Å². The first kappa shape index (κ1) is 11.7. The quantitative estimate of drug-likeness (QED) is 0.668. The summed E-state index contributed by atoms with van der Waals surface area (Å²) >= 11 is 0. The van der Waals surface area contributed by atoms with E-state index in [0.29, 0.717) is 0 Å². The van der Waals surface area contributed by atoms with Gasteiger partial charge in [0.05, 0.1) is 17.4 Å². The molecule has 0 N–H and O–H groups in total. The molecule has 19 heavy (non-hydrogen) atoms. The molecule has 2 heterocycles. The molecule has 0 saturated carbocycles. The number of hydrogen-bond acceptors (Lipinski definition) is 2. The van der Waals surface area contributed by atoms with Gasteiger partial charge in [0.2, 0.25) is 0 Å². The van der Waals surface area contributed by atoms with Crippen molar-refractivity contribution < 1.29 is 0 Å². The highest BCUT2D eigenvalue weighted by atomic mass is 16.1. The second-order valence-electron chi connectivity index (χ2n) is 4.92. The number of fused-ring (bicyclic) bond motifs is 1. The summed E-state index contributed by atoms with van der Waals surface area (Å²) in [6.45, 7) is 3.88. The zero-order valence-electron chi connectivity index (χ0n) is 11.2. The normalized spacial score (nSPS) is 11.1. The van der Waals surface area contributed by atoms with E-state index in [2.05, 4.69) is 30.2 Å². The van der Waals surface area contributed by atoms with Crippen LogP contribution in [-0.4, -0.2) is 14.3 Å². The minimum absolute atomic E-state index is 0.0244. The Bertz CT molecular complexity index is 801. The van der Waals surface area contributed by atoms with Crippen LogP contribution in [-0.2, 0) is 7.05 Å². The Hall–Kier alpha value is -2.36. The van der Waals surface area contributed by atoms with Crippen LogP contribution < -0.4 is 5.56 Å². The molecule has 4 nitrogen and oxygen atoms in total. The first-order chi connectivity index (χ1) is 9.06.